The zero-order chi connectivity index (χ0) is 43.9. The van der Waals surface area contributed by atoms with Crippen molar-refractivity contribution < 1.29 is 42.3 Å². The summed E-state index contributed by atoms with van der Waals surface area (Å²) in [4.78, 5) is 80.5. The average Bonchev–Trinajstić information content (AvgIpc) is 3.98. The van der Waals surface area contributed by atoms with Crippen LogP contribution in [-0.4, -0.2) is 117 Å². The van der Waals surface area contributed by atoms with Gasteiger partial charge in [-0.25, -0.2) is 13.6 Å². The number of amides is 7. The highest BCUT2D eigenvalue weighted by Crippen LogP contribution is 2.44. The van der Waals surface area contributed by atoms with Crippen molar-refractivity contribution in [1.82, 2.24) is 45.3 Å². The number of imide groups is 2. The van der Waals surface area contributed by atoms with Gasteiger partial charge < -0.3 is 30.5 Å². The second-order valence-corrected chi connectivity index (χ2v) is 16.3. The monoisotopic (exact) mass is 867 g/mol. The van der Waals surface area contributed by atoms with Gasteiger partial charge in [-0.05, 0) is 73.6 Å². The van der Waals surface area contributed by atoms with Crippen LogP contribution in [0.15, 0.2) is 42.7 Å². The van der Waals surface area contributed by atoms with E-state index in [1.807, 2.05) is 4.90 Å². The number of fused-ring (bicyclic) bond motifs is 3. The molecule has 18 nitrogen and oxygen atoms in total. The van der Waals surface area contributed by atoms with E-state index in [1.165, 1.54) is 23.0 Å². The van der Waals surface area contributed by atoms with Gasteiger partial charge in [0.1, 0.15) is 12.6 Å². The zero-order valence-electron chi connectivity index (χ0n) is 34.6. The summed E-state index contributed by atoms with van der Waals surface area (Å²) < 4.78 is 39.1. The first-order valence-corrected chi connectivity index (χ1v) is 21.2. The third kappa shape index (κ3) is 7.98. The summed E-state index contributed by atoms with van der Waals surface area (Å²) in [6, 6.07) is 6.87. The molecule has 2 aromatic carbocycles. The van der Waals surface area contributed by atoms with Crippen molar-refractivity contribution in [2.75, 3.05) is 56.7 Å². The number of benzene rings is 2. The van der Waals surface area contributed by atoms with Gasteiger partial charge in [0.15, 0.2) is 5.82 Å². The summed E-state index contributed by atoms with van der Waals surface area (Å²) in [5.41, 5.74) is 4.96. The lowest BCUT2D eigenvalue weighted by atomic mass is 9.92. The van der Waals surface area contributed by atoms with Crippen molar-refractivity contribution in [3.05, 3.63) is 76.2 Å². The number of halogens is 2. The second-order valence-electron chi connectivity index (χ2n) is 16.3. The summed E-state index contributed by atoms with van der Waals surface area (Å²) in [6.45, 7) is 3.04. The number of rotatable bonds is 11. The van der Waals surface area contributed by atoms with E-state index in [0.29, 0.717) is 74.0 Å². The number of anilines is 3. The number of urea groups is 1. The lowest BCUT2D eigenvalue weighted by Crippen LogP contribution is -2.54. The van der Waals surface area contributed by atoms with Gasteiger partial charge >= 0.3 is 6.03 Å². The molecule has 0 bridgehead atoms. The molecule has 9 rings (SSSR count). The Balaban J connectivity index is 0.860. The quantitative estimate of drug-likeness (QED) is 0.127. The molecule has 2 saturated heterocycles. The molecule has 2 fully saturated rings. The van der Waals surface area contributed by atoms with E-state index in [0.717, 1.165) is 41.0 Å². The summed E-state index contributed by atoms with van der Waals surface area (Å²) in [5.74, 6) is -2.04. The Morgan fingerprint density at radius 3 is 2.54 bits per heavy atom. The van der Waals surface area contributed by atoms with Crippen molar-refractivity contribution in [2.45, 2.75) is 76.5 Å². The lowest BCUT2D eigenvalue weighted by molar-refractivity contribution is -0.136. The number of carbonyl (C=O) groups is 6. The summed E-state index contributed by atoms with van der Waals surface area (Å²) >= 11 is 0. The normalized spacial score (nSPS) is 18.9. The summed E-state index contributed by atoms with van der Waals surface area (Å²) in [5, 5.41) is 20.3. The average molecular weight is 868 g/mol. The molecule has 4 N–H and O–H groups in total. The minimum atomic E-state index is -2.81. The predicted octanol–water partition coefficient (Wildman–Crippen LogP) is 3.45. The van der Waals surface area contributed by atoms with Gasteiger partial charge in [-0.15, -0.1) is 0 Å². The van der Waals surface area contributed by atoms with Crippen LogP contribution in [0.2, 0.25) is 0 Å². The Labute approximate surface area is 360 Å². The molecule has 2 aromatic heterocycles. The molecule has 0 aliphatic carbocycles. The van der Waals surface area contributed by atoms with Gasteiger partial charge in [-0.2, -0.15) is 10.2 Å². The number of aromatic nitrogens is 4. The highest BCUT2D eigenvalue weighted by atomic mass is 19.3. The SMILES string of the molecule is CNC(=O)N1CCc2c(c(N3CCCc4cc(-c5cnn(CC(=O)NCCNc6ccc7c(c6)C(=O)N(C6CCC(=O)NC6=O)C7=O)c5)c(C(F)F)cc43)nn2C2CCOCC2)C1. The zero-order valence-corrected chi connectivity index (χ0v) is 34.6. The van der Waals surface area contributed by atoms with Crippen LogP contribution < -0.4 is 26.2 Å². The van der Waals surface area contributed by atoms with Crippen molar-refractivity contribution >= 4 is 52.8 Å². The molecular weight excluding hydrogens is 821 g/mol. The topological polar surface area (TPSA) is 205 Å². The van der Waals surface area contributed by atoms with Crippen LogP contribution in [0.5, 0.6) is 0 Å². The van der Waals surface area contributed by atoms with Crippen LogP contribution in [-0.2, 0) is 45.1 Å². The molecule has 1 unspecified atom stereocenters. The first-order chi connectivity index (χ1) is 30.5. The number of alkyl halides is 2. The van der Waals surface area contributed by atoms with Crippen molar-refractivity contribution in [1.29, 1.82) is 0 Å². The van der Waals surface area contributed by atoms with Gasteiger partial charge in [0.2, 0.25) is 17.7 Å². The number of hydrogen-bond acceptors (Lipinski definition) is 11. The van der Waals surface area contributed by atoms with Crippen LogP contribution >= 0.6 is 0 Å². The molecule has 20 heteroatoms. The molecule has 7 heterocycles. The van der Waals surface area contributed by atoms with Gasteiger partial charge in [0.25, 0.3) is 18.2 Å². The third-order valence-electron chi connectivity index (χ3n) is 12.4. The van der Waals surface area contributed by atoms with E-state index in [2.05, 4.69) is 31.0 Å². The number of carbonyl (C=O) groups excluding carboxylic acids is 6. The molecule has 0 spiro atoms. The number of hydrogen-bond donors (Lipinski definition) is 4. The maximum absolute atomic E-state index is 15.0. The van der Waals surface area contributed by atoms with Gasteiger partial charge in [-0.3, -0.25) is 43.6 Å². The van der Waals surface area contributed by atoms with E-state index >= 15 is 0 Å². The van der Waals surface area contributed by atoms with Crippen molar-refractivity contribution in [3.8, 4) is 11.1 Å². The molecule has 63 heavy (non-hydrogen) atoms. The summed E-state index contributed by atoms with van der Waals surface area (Å²) in [6.07, 6.45) is 4.02. The Morgan fingerprint density at radius 2 is 1.76 bits per heavy atom. The lowest BCUT2D eigenvalue weighted by Gasteiger charge is -2.33. The van der Waals surface area contributed by atoms with Crippen molar-refractivity contribution in [3.63, 3.8) is 0 Å². The molecule has 0 saturated carbocycles. The summed E-state index contributed by atoms with van der Waals surface area (Å²) in [7, 11) is 1.60. The first kappa shape index (κ1) is 41.6. The Kier molecular flexibility index (Phi) is 11.4. The number of nitrogens with zero attached hydrogens (tertiary/aromatic N) is 7. The van der Waals surface area contributed by atoms with E-state index in [4.69, 9.17) is 9.84 Å². The fourth-order valence-corrected chi connectivity index (χ4v) is 9.29. The fraction of sp³-hybridized carbons (Fsp3) is 0.442. The molecule has 4 aromatic rings. The molecule has 330 valence electrons. The molecule has 5 aliphatic heterocycles. The number of nitrogens with one attached hydrogen (secondary N) is 4. The minimum absolute atomic E-state index is 0.0225. The maximum atomic E-state index is 15.0. The maximum Gasteiger partial charge on any atom is 0.317 e. The third-order valence-corrected chi connectivity index (χ3v) is 12.4. The van der Waals surface area contributed by atoms with Gasteiger partial charge in [-0.1, -0.05) is 0 Å². The standard InChI is InChI=1S/C43H47F2N11O7/c1-46-43(62)52-14-8-33-32(22-52)39(51-56(33)27-9-15-63-16-10-27)54-13-2-3-24-17-29(30(38(44)45)19-35(24)54)25-20-49-53(21-25)23-37(58)48-12-11-47-26-4-5-28-31(18-26)42(61)55(41(28)60)34-6-7-36(57)50-40(34)59/h4-5,17-21,27,34,38,47H,2-3,6-16,22-23H2,1H3,(H,46,62)(H,48,58)(H,50,57,59). The first-order valence-electron chi connectivity index (χ1n) is 21.2. The van der Waals surface area contributed by atoms with Crippen LogP contribution in [0.25, 0.3) is 11.1 Å². The fourth-order valence-electron chi connectivity index (χ4n) is 9.29. The van der Waals surface area contributed by atoms with Crippen LogP contribution in [0, 0.1) is 0 Å². The van der Waals surface area contributed by atoms with E-state index < -0.39 is 36.1 Å². The smallest absolute Gasteiger partial charge is 0.317 e. The van der Waals surface area contributed by atoms with Crippen LogP contribution in [0.3, 0.4) is 0 Å². The van der Waals surface area contributed by atoms with Crippen molar-refractivity contribution in [2.24, 2.45) is 0 Å². The number of aryl methyl sites for hydroxylation is 1. The molecule has 7 amide bonds. The second kappa shape index (κ2) is 17.2. The van der Waals surface area contributed by atoms with Crippen LogP contribution in [0.1, 0.15) is 87.7 Å². The molecular formula is C43H47F2N11O7. The predicted molar refractivity (Wildman–Crippen MR) is 222 cm³/mol. The largest absolute Gasteiger partial charge is 0.383 e. The molecule has 1 atom stereocenters. The van der Waals surface area contributed by atoms with E-state index in [1.54, 1.807) is 36.3 Å². The molecule has 0 radical (unpaired) electrons. The highest BCUT2D eigenvalue weighted by molar-refractivity contribution is 6.23. The Bertz CT molecular complexity index is 2510. The Hall–Kier alpha value is -6.70. The highest BCUT2D eigenvalue weighted by Gasteiger charge is 2.45. The minimum Gasteiger partial charge on any atom is -0.383 e. The molecule has 5 aliphatic rings. The Morgan fingerprint density at radius 1 is 0.952 bits per heavy atom. The van der Waals surface area contributed by atoms with E-state index in [9.17, 15) is 37.5 Å². The number of ether oxygens (including phenoxy) is 1. The van der Waals surface area contributed by atoms with Gasteiger partial charge in [0.05, 0.1) is 29.9 Å². The van der Waals surface area contributed by atoms with Gasteiger partial charge in [0, 0.05) is 99.2 Å². The number of piperidine rings is 1. The van der Waals surface area contributed by atoms with E-state index in [-0.39, 0.29) is 67.1 Å². The van der Waals surface area contributed by atoms with Crippen LogP contribution in [0.4, 0.5) is 30.8 Å².